The van der Waals surface area contributed by atoms with Crippen LogP contribution in [-0.2, 0) is 11.3 Å². The molecule has 1 aliphatic heterocycles. The summed E-state index contributed by atoms with van der Waals surface area (Å²) < 4.78 is 8.06. The van der Waals surface area contributed by atoms with Gasteiger partial charge in [-0.1, -0.05) is 54.6 Å². The molecule has 4 aromatic rings. The Morgan fingerprint density at radius 3 is 2.74 bits per heavy atom. The van der Waals surface area contributed by atoms with Crippen LogP contribution in [0.3, 0.4) is 0 Å². The van der Waals surface area contributed by atoms with Crippen molar-refractivity contribution in [2.24, 2.45) is 4.99 Å². The van der Waals surface area contributed by atoms with Crippen molar-refractivity contribution in [2.45, 2.75) is 25.5 Å². The fraction of sp³-hybridized carbons (Fsp3) is 0.208. The molecule has 1 fully saturated rings. The van der Waals surface area contributed by atoms with Crippen molar-refractivity contribution in [3.05, 3.63) is 87.0 Å². The minimum absolute atomic E-state index is 0.00581. The molecule has 0 saturated carbocycles. The van der Waals surface area contributed by atoms with E-state index in [9.17, 15) is 10.1 Å². The van der Waals surface area contributed by atoms with Crippen molar-refractivity contribution >= 4 is 33.5 Å². The van der Waals surface area contributed by atoms with E-state index in [1.165, 1.54) is 28.2 Å². The van der Waals surface area contributed by atoms with E-state index in [0.29, 0.717) is 12.2 Å². The van der Waals surface area contributed by atoms with Gasteiger partial charge in [-0.2, -0.15) is 0 Å². The lowest BCUT2D eigenvalue weighted by Gasteiger charge is -2.15. The number of nitro groups is 1. The summed E-state index contributed by atoms with van der Waals surface area (Å²) in [6, 6.07) is 21.2. The summed E-state index contributed by atoms with van der Waals surface area (Å²) in [5.74, 6) is 0. The number of ether oxygens (including phenoxy) is 1. The lowest BCUT2D eigenvalue weighted by molar-refractivity contribution is -0.384. The first-order chi connectivity index (χ1) is 15.2. The highest BCUT2D eigenvalue weighted by atomic mass is 32.1. The Hall–Kier alpha value is -3.29. The molecule has 156 valence electrons. The molecule has 0 radical (unpaired) electrons. The molecule has 2 heterocycles. The molecular weight excluding hydrogens is 410 g/mol. The first-order valence-electron chi connectivity index (χ1n) is 10.3. The van der Waals surface area contributed by atoms with Gasteiger partial charge in [-0.05, 0) is 29.7 Å². The fourth-order valence-electron chi connectivity index (χ4n) is 4.07. The number of thiazole rings is 1. The summed E-state index contributed by atoms with van der Waals surface area (Å²) in [5.41, 5.74) is 2.54. The molecular formula is C24H21N3O3S. The lowest BCUT2D eigenvalue weighted by atomic mass is 10.0. The Kier molecular flexibility index (Phi) is 5.36. The maximum Gasteiger partial charge on any atom is 0.294 e. The zero-order valence-electron chi connectivity index (χ0n) is 16.8. The number of hydrogen-bond donors (Lipinski definition) is 0. The van der Waals surface area contributed by atoms with E-state index in [4.69, 9.17) is 9.73 Å². The third kappa shape index (κ3) is 3.89. The van der Waals surface area contributed by atoms with Crippen molar-refractivity contribution in [3.63, 3.8) is 0 Å². The van der Waals surface area contributed by atoms with Gasteiger partial charge < -0.3 is 9.30 Å². The maximum absolute atomic E-state index is 11.5. The molecule has 1 saturated heterocycles. The number of aromatic nitrogens is 1. The van der Waals surface area contributed by atoms with Crippen molar-refractivity contribution < 1.29 is 9.66 Å². The molecule has 1 aromatic heterocycles. The van der Waals surface area contributed by atoms with E-state index in [2.05, 4.69) is 40.3 Å². The third-order valence-corrected chi connectivity index (χ3v) is 6.43. The zero-order chi connectivity index (χ0) is 21.2. The number of para-hydroxylation sites is 2. The van der Waals surface area contributed by atoms with Crippen LogP contribution in [0, 0.1) is 10.1 Å². The smallest absolute Gasteiger partial charge is 0.294 e. The number of rotatable bonds is 5. The van der Waals surface area contributed by atoms with Crippen molar-refractivity contribution in [1.29, 1.82) is 0 Å². The molecule has 3 aromatic carbocycles. The van der Waals surface area contributed by atoms with E-state index >= 15 is 0 Å². The molecule has 1 aliphatic rings. The highest BCUT2D eigenvalue weighted by molar-refractivity contribution is 7.07. The molecule has 0 amide bonds. The molecule has 0 N–H and O–H groups in total. The number of nitrogens with zero attached hydrogens (tertiary/aromatic N) is 3. The van der Waals surface area contributed by atoms with Gasteiger partial charge in [-0.3, -0.25) is 10.1 Å². The van der Waals surface area contributed by atoms with Crippen LogP contribution in [0.5, 0.6) is 0 Å². The predicted molar refractivity (Wildman–Crippen MR) is 123 cm³/mol. The molecule has 0 aliphatic carbocycles. The van der Waals surface area contributed by atoms with Gasteiger partial charge in [-0.15, -0.1) is 11.3 Å². The second-order valence-electron chi connectivity index (χ2n) is 7.53. The van der Waals surface area contributed by atoms with Crippen LogP contribution in [0.25, 0.3) is 22.0 Å². The predicted octanol–water partition coefficient (Wildman–Crippen LogP) is 5.69. The van der Waals surface area contributed by atoms with Crippen LogP contribution < -0.4 is 4.80 Å². The summed E-state index contributed by atoms with van der Waals surface area (Å²) in [4.78, 5) is 16.5. The average Bonchev–Trinajstić information content (AvgIpc) is 3.44. The highest BCUT2D eigenvalue weighted by Gasteiger charge is 2.20. The largest absolute Gasteiger partial charge is 0.376 e. The minimum Gasteiger partial charge on any atom is -0.376 e. The summed E-state index contributed by atoms with van der Waals surface area (Å²) in [6.45, 7) is 1.44. The normalized spacial score (nSPS) is 16.8. The fourth-order valence-corrected chi connectivity index (χ4v) is 4.99. The first kappa shape index (κ1) is 19.7. The van der Waals surface area contributed by atoms with Gasteiger partial charge in [0.2, 0.25) is 0 Å². The van der Waals surface area contributed by atoms with Crippen molar-refractivity contribution in [2.75, 3.05) is 6.61 Å². The van der Waals surface area contributed by atoms with Crippen LogP contribution in [0.2, 0.25) is 0 Å². The van der Waals surface area contributed by atoms with E-state index in [1.54, 1.807) is 18.2 Å². The maximum atomic E-state index is 11.5. The Bertz CT molecular complexity index is 1310. The summed E-state index contributed by atoms with van der Waals surface area (Å²) in [6.07, 6.45) is 2.17. The van der Waals surface area contributed by atoms with Gasteiger partial charge >= 0.3 is 0 Å². The molecule has 7 heteroatoms. The first-order valence-corrected chi connectivity index (χ1v) is 11.1. The number of fused-ring (bicyclic) bond motifs is 1. The molecule has 0 spiro atoms. The van der Waals surface area contributed by atoms with Gasteiger partial charge in [0.15, 0.2) is 4.80 Å². The summed E-state index contributed by atoms with van der Waals surface area (Å²) in [5, 5.41) is 15.9. The summed E-state index contributed by atoms with van der Waals surface area (Å²) in [7, 11) is 0. The van der Waals surface area contributed by atoms with Crippen LogP contribution in [0.15, 0.2) is 77.1 Å². The SMILES string of the molecule is O=[N+]([O-])c1ccccc1N=c1scc(-c2cccc3ccccc23)n1CC1CCCO1. The van der Waals surface area contributed by atoms with Crippen LogP contribution in [0.4, 0.5) is 11.4 Å². The second kappa shape index (κ2) is 8.45. The van der Waals surface area contributed by atoms with Crippen molar-refractivity contribution in [1.82, 2.24) is 4.57 Å². The Morgan fingerprint density at radius 2 is 1.90 bits per heavy atom. The second-order valence-corrected chi connectivity index (χ2v) is 8.37. The minimum atomic E-state index is -0.386. The lowest BCUT2D eigenvalue weighted by Crippen LogP contribution is -2.24. The van der Waals surface area contributed by atoms with Crippen molar-refractivity contribution in [3.8, 4) is 11.3 Å². The standard InChI is InChI=1S/C24H21N3O3S/c28-27(29)22-13-4-3-12-21(22)25-24-26(15-18-9-6-14-30-18)23(16-31-24)20-11-5-8-17-7-1-2-10-19(17)20/h1-5,7-8,10-13,16,18H,6,9,14-15H2. The summed E-state index contributed by atoms with van der Waals surface area (Å²) >= 11 is 1.50. The third-order valence-electron chi connectivity index (χ3n) is 5.57. The molecule has 1 unspecified atom stereocenters. The Morgan fingerprint density at radius 1 is 1.10 bits per heavy atom. The topological polar surface area (TPSA) is 69.7 Å². The Balaban J connectivity index is 1.70. The Labute approximate surface area is 183 Å². The van der Waals surface area contributed by atoms with E-state index < -0.39 is 0 Å². The molecule has 1 atom stereocenters. The van der Waals surface area contributed by atoms with Gasteiger partial charge in [0.1, 0.15) is 5.69 Å². The van der Waals surface area contributed by atoms with E-state index in [1.807, 2.05) is 12.1 Å². The van der Waals surface area contributed by atoms with Gasteiger partial charge in [0.25, 0.3) is 5.69 Å². The zero-order valence-corrected chi connectivity index (χ0v) is 17.6. The number of hydrogen-bond acceptors (Lipinski definition) is 5. The quantitative estimate of drug-likeness (QED) is 0.301. The molecule has 6 nitrogen and oxygen atoms in total. The average molecular weight is 432 g/mol. The number of benzene rings is 3. The monoisotopic (exact) mass is 431 g/mol. The van der Waals surface area contributed by atoms with Crippen LogP contribution in [-0.4, -0.2) is 22.2 Å². The van der Waals surface area contributed by atoms with E-state index in [-0.39, 0.29) is 16.7 Å². The molecule has 31 heavy (non-hydrogen) atoms. The van der Waals surface area contributed by atoms with Gasteiger partial charge in [0, 0.05) is 23.6 Å². The van der Waals surface area contributed by atoms with Crippen LogP contribution >= 0.6 is 11.3 Å². The number of nitro benzene ring substituents is 1. The van der Waals surface area contributed by atoms with Gasteiger partial charge in [0.05, 0.1) is 23.3 Å². The van der Waals surface area contributed by atoms with Gasteiger partial charge in [-0.25, -0.2) is 4.99 Å². The molecule has 5 rings (SSSR count). The molecule has 0 bridgehead atoms. The van der Waals surface area contributed by atoms with Crippen LogP contribution in [0.1, 0.15) is 12.8 Å². The van der Waals surface area contributed by atoms with E-state index in [0.717, 1.165) is 35.5 Å². The highest BCUT2D eigenvalue weighted by Crippen LogP contribution is 2.31.